The number of anilines is 1. The molecule has 0 aliphatic carbocycles. The molecular formula is C15H20N4OS. The summed E-state index contributed by atoms with van der Waals surface area (Å²) in [6.07, 6.45) is 2.87. The molecule has 0 bridgehead atoms. The molecule has 21 heavy (non-hydrogen) atoms. The third-order valence-electron chi connectivity index (χ3n) is 3.88. The van der Waals surface area contributed by atoms with E-state index in [2.05, 4.69) is 16.8 Å². The quantitative estimate of drug-likeness (QED) is 0.942. The number of nitrogen functional groups attached to an aromatic ring is 1. The molecule has 0 saturated carbocycles. The molecule has 0 spiro atoms. The van der Waals surface area contributed by atoms with Crippen molar-refractivity contribution in [2.75, 3.05) is 38.5 Å². The number of nitrogens with two attached hydrogens (primary N) is 1. The monoisotopic (exact) mass is 304 g/mol. The number of carbonyl (C=O) groups excluding carboxylic acids is 1. The molecule has 1 aliphatic heterocycles. The Morgan fingerprint density at radius 1 is 1.38 bits per heavy atom. The number of pyridine rings is 1. The van der Waals surface area contributed by atoms with E-state index in [1.807, 2.05) is 17.0 Å². The lowest BCUT2D eigenvalue weighted by molar-refractivity contribution is 0.0643. The van der Waals surface area contributed by atoms with Crippen LogP contribution in [0.25, 0.3) is 10.2 Å². The van der Waals surface area contributed by atoms with E-state index in [0.717, 1.165) is 49.4 Å². The highest BCUT2D eigenvalue weighted by Crippen LogP contribution is 2.32. The fourth-order valence-corrected chi connectivity index (χ4v) is 3.79. The van der Waals surface area contributed by atoms with Crippen LogP contribution in [0.2, 0.25) is 0 Å². The van der Waals surface area contributed by atoms with Crippen LogP contribution in [0.1, 0.15) is 23.0 Å². The van der Waals surface area contributed by atoms with E-state index >= 15 is 0 Å². The molecule has 3 rings (SSSR count). The van der Waals surface area contributed by atoms with Crippen molar-refractivity contribution in [2.24, 2.45) is 0 Å². The molecule has 1 amide bonds. The zero-order chi connectivity index (χ0) is 14.8. The Balaban J connectivity index is 1.77. The van der Waals surface area contributed by atoms with Crippen LogP contribution in [0.4, 0.5) is 5.69 Å². The second-order valence-corrected chi connectivity index (χ2v) is 6.38. The summed E-state index contributed by atoms with van der Waals surface area (Å²) in [5.74, 6) is 0.0478. The Hall–Kier alpha value is -1.66. The molecule has 1 saturated heterocycles. The summed E-state index contributed by atoms with van der Waals surface area (Å²) in [4.78, 5) is 21.9. The maximum Gasteiger partial charge on any atom is 0.266 e. The molecule has 2 aromatic heterocycles. The minimum Gasteiger partial charge on any atom is -0.396 e. The summed E-state index contributed by atoms with van der Waals surface area (Å²) < 4.78 is 0.975. The van der Waals surface area contributed by atoms with Crippen molar-refractivity contribution in [1.82, 2.24) is 14.8 Å². The molecule has 112 valence electrons. The lowest BCUT2D eigenvalue weighted by Crippen LogP contribution is -2.48. The zero-order valence-electron chi connectivity index (χ0n) is 12.2. The molecule has 3 heterocycles. The molecule has 1 aliphatic rings. The third-order valence-corrected chi connectivity index (χ3v) is 5.02. The molecular weight excluding hydrogens is 284 g/mol. The van der Waals surface area contributed by atoms with E-state index in [1.54, 1.807) is 6.20 Å². The highest BCUT2D eigenvalue weighted by atomic mass is 32.1. The molecule has 2 aromatic rings. The minimum absolute atomic E-state index is 0.0478. The Kier molecular flexibility index (Phi) is 4.07. The van der Waals surface area contributed by atoms with Crippen LogP contribution < -0.4 is 5.73 Å². The lowest BCUT2D eigenvalue weighted by atomic mass is 10.2. The number of piperazine rings is 1. The Bertz CT molecular complexity index is 646. The van der Waals surface area contributed by atoms with E-state index in [-0.39, 0.29) is 5.91 Å². The maximum absolute atomic E-state index is 12.7. The Labute approximate surface area is 128 Å². The van der Waals surface area contributed by atoms with Gasteiger partial charge in [-0.25, -0.2) is 0 Å². The summed E-state index contributed by atoms with van der Waals surface area (Å²) >= 11 is 1.44. The summed E-state index contributed by atoms with van der Waals surface area (Å²) in [5, 5.41) is 0. The van der Waals surface area contributed by atoms with Crippen LogP contribution >= 0.6 is 11.3 Å². The third kappa shape index (κ3) is 2.73. The van der Waals surface area contributed by atoms with Crippen molar-refractivity contribution < 1.29 is 4.79 Å². The van der Waals surface area contributed by atoms with Gasteiger partial charge in [-0.3, -0.25) is 14.7 Å². The van der Waals surface area contributed by atoms with Gasteiger partial charge in [-0.15, -0.1) is 11.3 Å². The van der Waals surface area contributed by atoms with E-state index in [1.165, 1.54) is 11.3 Å². The largest absolute Gasteiger partial charge is 0.396 e. The van der Waals surface area contributed by atoms with E-state index < -0.39 is 0 Å². The molecule has 6 heteroatoms. The van der Waals surface area contributed by atoms with Gasteiger partial charge >= 0.3 is 0 Å². The number of thiophene rings is 1. The van der Waals surface area contributed by atoms with Gasteiger partial charge in [0, 0.05) is 32.4 Å². The molecule has 0 atom stereocenters. The van der Waals surface area contributed by atoms with Crippen molar-refractivity contribution in [3.05, 3.63) is 23.2 Å². The van der Waals surface area contributed by atoms with E-state index in [4.69, 9.17) is 5.73 Å². The minimum atomic E-state index is 0.0478. The van der Waals surface area contributed by atoms with Gasteiger partial charge in [0.1, 0.15) is 10.4 Å². The molecule has 0 unspecified atom stereocenters. The van der Waals surface area contributed by atoms with Crippen LogP contribution in [0.3, 0.4) is 0 Å². The lowest BCUT2D eigenvalue weighted by Gasteiger charge is -2.34. The summed E-state index contributed by atoms with van der Waals surface area (Å²) in [6.45, 7) is 6.74. The van der Waals surface area contributed by atoms with Gasteiger partial charge in [-0.05, 0) is 25.1 Å². The van der Waals surface area contributed by atoms with Crippen molar-refractivity contribution in [1.29, 1.82) is 0 Å². The van der Waals surface area contributed by atoms with Gasteiger partial charge in [0.05, 0.1) is 10.4 Å². The maximum atomic E-state index is 12.7. The number of hydrogen-bond acceptors (Lipinski definition) is 5. The van der Waals surface area contributed by atoms with Gasteiger partial charge in [0.15, 0.2) is 0 Å². The van der Waals surface area contributed by atoms with Crippen molar-refractivity contribution in [3.8, 4) is 0 Å². The van der Waals surface area contributed by atoms with Gasteiger partial charge in [-0.1, -0.05) is 6.92 Å². The molecule has 0 radical (unpaired) electrons. The average molecular weight is 304 g/mol. The van der Waals surface area contributed by atoms with Gasteiger partial charge in [0.2, 0.25) is 0 Å². The summed E-state index contributed by atoms with van der Waals surface area (Å²) in [5.41, 5.74) is 7.38. The fraction of sp³-hybridized carbons (Fsp3) is 0.467. The van der Waals surface area contributed by atoms with Gasteiger partial charge < -0.3 is 10.6 Å². The number of fused-ring (bicyclic) bond motifs is 1. The van der Waals surface area contributed by atoms with Crippen molar-refractivity contribution in [2.45, 2.75) is 13.3 Å². The molecule has 1 fully saturated rings. The Morgan fingerprint density at radius 3 is 2.81 bits per heavy atom. The SMILES string of the molecule is CCCN1CCN(C(=O)c2sc3cccnc3c2N)CC1. The first kappa shape index (κ1) is 14.3. The highest BCUT2D eigenvalue weighted by Gasteiger charge is 2.25. The molecule has 0 aromatic carbocycles. The fourth-order valence-electron chi connectivity index (χ4n) is 2.74. The van der Waals surface area contributed by atoms with Crippen LogP contribution in [0.15, 0.2) is 18.3 Å². The summed E-state index contributed by atoms with van der Waals surface area (Å²) in [7, 11) is 0. The van der Waals surface area contributed by atoms with Gasteiger partial charge in [-0.2, -0.15) is 0 Å². The molecule has 2 N–H and O–H groups in total. The van der Waals surface area contributed by atoms with Crippen molar-refractivity contribution in [3.63, 3.8) is 0 Å². The normalized spacial score (nSPS) is 16.5. The number of amides is 1. The number of aromatic nitrogens is 1. The molecule has 5 nitrogen and oxygen atoms in total. The van der Waals surface area contributed by atoms with Crippen LogP contribution in [-0.2, 0) is 0 Å². The van der Waals surface area contributed by atoms with E-state index in [0.29, 0.717) is 10.6 Å². The second-order valence-electron chi connectivity index (χ2n) is 5.33. The predicted molar refractivity (Wildman–Crippen MR) is 86.7 cm³/mol. The number of carbonyl (C=O) groups is 1. The van der Waals surface area contributed by atoms with Gasteiger partial charge in [0.25, 0.3) is 5.91 Å². The predicted octanol–water partition coefficient (Wildman–Crippen LogP) is 2.05. The topological polar surface area (TPSA) is 62.5 Å². The van der Waals surface area contributed by atoms with Crippen LogP contribution in [0, 0.1) is 0 Å². The first-order chi connectivity index (χ1) is 10.2. The number of hydrogen-bond donors (Lipinski definition) is 1. The highest BCUT2D eigenvalue weighted by molar-refractivity contribution is 7.21. The van der Waals surface area contributed by atoms with Crippen LogP contribution in [0.5, 0.6) is 0 Å². The van der Waals surface area contributed by atoms with Crippen LogP contribution in [-0.4, -0.2) is 53.4 Å². The second kappa shape index (κ2) is 5.99. The number of nitrogens with zero attached hydrogens (tertiary/aromatic N) is 3. The average Bonchev–Trinajstić information content (AvgIpc) is 2.85. The Morgan fingerprint density at radius 2 is 2.14 bits per heavy atom. The number of rotatable bonds is 3. The first-order valence-corrected chi connectivity index (χ1v) is 8.17. The smallest absolute Gasteiger partial charge is 0.266 e. The zero-order valence-corrected chi connectivity index (χ0v) is 13.0. The van der Waals surface area contributed by atoms with Crippen molar-refractivity contribution >= 4 is 33.1 Å². The standard InChI is InChI=1S/C15H20N4OS/c1-2-6-18-7-9-19(10-8-18)15(20)14-12(16)13-11(21-14)4-3-5-17-13/h3-5H,2,6-10,16H2,1H3. The summed E-state index contributed by atoms with van der Waals surface area (Å²) in [6, 6.07) is 3.83. The first-order valence-electron chi connectivity index (χ1n) is 7.35. The van der Waals surface area contributed by atoms with E-state index in [9.17, 15) is 4.79 Å².